The molecule has 0 saturated carbocycles. The highest BCUT2D eigenvalue weighted by atomic mass is 16.1. The van der Waals surface area contributed by atoms with Gasteiger partial charge in [0.25, 0.3) is 5.91 Å². The molecular weight excluding hydrogens is 242 g/mol. The van der Waals surface area contributed by atoms with Gasteiger partial charge in [-0.05, 0) is 12.5 Å². The lowest BCUT2D eigenvalue weighted by Crippen LogP contribution is -2.24. The van der Waals surface area contributed by atoms with Crippen molar-refractivity contribution in [3.05, 3.63) is 42.0 Å². The molecule has 2 rings (SSSR count). The van der Waals surface area contributed by atoms with E-state index >= 15 is 0 Å². The quantitative estimate of drug-likeness (QED) is 0.735. The number of nitrogens with one attached hydrogen (secondary N) is 3. The molecule has 0 fully saturated rings. The summed E-state index contributed by atoms with van der Waals surface area (Å²) in [6, 6.07) is 1.71. The lowest BCUT2D eigenvalue weighted by Gasteiger charge is -2.10. The standard InChI is InChI=1S/C13H17N5O/c1-2-4-15-12-9-14-5-3-11(12)13(19)16-6-10-7-17-18-8-10/h3,5,7-9,15H,2,4,6H2,1H3,(H,16,19)(H,17,18). The van der Waals surface area contributed by atoms with E-state index in [0.717, 1.165) is 24.2 Å². The molecule has 6 nitrogen and oxygen atoms in total. The summed E-state index contributed by atoms with van der Waals surface area (Å²) in [5.41, 5.74) is 2.30. The van der Waals surface area contributed by atoms with Gasteiger partial charge in [0, 0.05) is 31.0 Å². The van der Waals surface area contributed by atoms with Crippen LogP contribution in [0.4, 0.5) is 5.69 Å². The summed E-state index contributed by atoms with van der Waals surface area (Å²) in [7, 11) is 0. The summed E-state index contributed by atoms with van der Waals surface area (Å²) in [6.45, 7) is 3.33. The molecule has 2 aromatic rings. The Hall–Kier alpha value is -2.37. The summed E-state index contributed by atoms with van der Waals surface area (Å²) in [4.78, 5) is 16.1. The largest absolute Gasteiger partial charge is 0.383 e. The molecule has 1 amide bonds. The van der Waals surface area contributed by atoms with E-state index in [-0.39, 0.29) is 5.91 Å². The van der Waals surface area contributed by atoms with Crippen LogP contribution in [0.3, 0.4) is 0 Å². The Bertz CT molecular complexity index is 524. The first kappa shape index (κ1) is 13.1. The van der Waals surface area contributed by atoms with E-state index in [9.17, 15) is 4.79 Å². The zero-order valence-corrected chi connectivity index (χ0v) is 10.8. The van der Waals surface area contributed by atoms with Crippen LogP contribution in [0.25, 0.3) is 0 Å². The SMILES string of the molecule is CCCNc1cnccc1C(=O)NCc1cn[nH]c1. The molecule has 0 aliphatic rings. The minimum Gasteiger partial charge on any atom is -0.383 e. The van der Waals surface area contributed by atoms with Crippen molar-refractivity contribution in [2.45, 2.75) is 19.9 Å². The van der Waals surface area contributed by atoms with E-state index in [4.69, 9.17) is 0 Å². The maximum atomic E-state index is 12.1. The van der Waals surface area contributed by atoms with Gasteiger partial charge in [0.15, 0.2) is 0 Å². The summed E-state index contributed by atoms with van der Waals surface area (Å²) in [5, 5.41) is 12.6. The lowest BCUT2D eigenvalue weighted by atomic mass is 10.2. The van der Waals surface area contributed by atoms with Gasteiger partial charge in [-0.3, -0.25) is 14.9 Å². The van der Waals surface area contributed by atoms with E-state index in [2.05, 4.69) is 32.7 Å². The van der Waals surface area contributed by atoms with E-state index in [1.807, 2.05) is 0 Å². The zero-order valence-electron chi connectivity index (χ0n) is 10.8. The average Bonchev–Trinajstić information content (AvgIpc) is 2.96. The Balaban J connectivity index is 2.01. The second-order valence-electron chi connectivity index (χ2n) is 4.14. The number of rotatable bonds is 6. The number of carbonyl (C=O) groups excluding carboxylic acids is 1. The molecule has 2 heterocycles. The molecule has 2 aromatic heterocycles. The van der Waals surface area contributed by atoms with Crippen molar-refractivity contribution in [1.82, 2.24) is 20.5 Å². The maximum Gasteiger partial charge on any atom is 0.253 e. The first-order chi connectivity index (χ1) is 9.31. The Kier molecular flexibility index (Phi) is 4.49. The molecule has 100 valence electrons. The van der Waals surface area contributed by atoms with Crippen LogP contribution < -0.4 is 10.6 Å². The predicted molar refractivity (Wildman–Crippen MR) is 72.8 cm³/mol. The summed E-state index contributed by atoms with van der Waals surface area (Å²) in [6.07, 6.45) is 7.71. The Morgan fingerprint density at radius 2 is 2.32 bits per heavy atom. The van der Waals surface area contributed by atoms with E-state index in [1.165, 1.54) is 0 Å². The van der Waals surface area contributed by atoms with Crippen LogP contribution in [0, 0.1) is 0 Å². The van der Waals surface area contributed by atoms with Crippen LogP contribution in [0.1, 0.15) is 29.3 Å². The number of carbonyl (C=O) groups is 1. The van der Waals surface area contributed by atoms with Crippen molar-refractivity contribution in [2.24, 2.45) is 0 Å². The van der Waals surface area contributed by atoms with Gasteiger partial charge in [0.2, 0.25) is 0 Å². The van der Waals surface area contributed by atoms with Crippen LogP contribution in [0.5, 0.6) is 0 Å². The molecule has 0 radical (unpaired) electrons. The number of amides is 1. The van der Waals surface area contributed by atoms with E-state index in [1.54, 1.807) is 30.9 Å². The smallest absolute Gasteiger partial charge is 0.253 e. The molecule has 0 atom stereocenters. The molecule has 0 saturated heterocycles. The third kappa shape index (κ3) is 3.54. The van der Waals surface area contributed by atoms with Crippen molar-refractivity contribution < 1.29 is 4.79 Å². The van der Waals surface area contributed by atoms with Gasteiger partial charge in [-0.15, -0.1) is 0 Å². The third-order valence-corrected chi connectivity index (χ3v) is 2.64. The van der Waals surface area contributed by atoms with Crippen LogP contribution >= 0.6 is 0 Å². The van der Waals surface area contributed by atoms with Crippen LogP contribution in [-0.4, -0.2) is 27.6 Å². The number of H-pyrrole nitrogens is 1. The highest BCUT2D eigenvalue weighted by Gasteiger charge is 2.10. The fourth-order valence-electron chi connectivity index (χ4n) is 1.64. The van der Waals surface area contributed by atoms with Gasteiger partial charge in [-0.25, -0.2) is 0 Å². The predicted octanol–water partition coefficient (Wildman–Crippen LogP) is 1.56. The zero-order chi connectivity index (χ0) is 13.5. The van der Waals surface area contributed by atoms with Crippen LogP contribution in [-0.2, 0) is 6.54 Å². The molecular formula is C13H17N5O. The van der Waals surface area contributed by atoms with Crippen LogP contribution in [0.15, 0.2) is 30.9 Å². The Morgan fingerprint density at radius 1 is 1.42 bits per heavy atom. The number of aromatic amines is 1. The summed E-state index contributed by atoms with van der Waals surface area (Å²) >= 11 is 0. The minimum absolute atomic E-state index is 0.123. The lowest BCUT2D eigenvalue weighted by molar-refractivity contribution is 0.0951. The highest BCUT2D eigenvalue weighted by molar-refractivity contribution is 5.99. The van der Waals surface area contributed by atoms with E-state index in [0.29, 0.717) is 12.1 Å². The van der Waals surface area contributed by atoms with Crippen molar-refractivity contribution in [1.29, 1.82) is 0 Å². The highest BCUT2D eigenvalue weighted by Crippen LogP contribution is 2.13. The van der Waals surface area contributed by atoms with Gasteiger partial charge in [0.05, 0.1) is 23.6 Å². The fraction of sp³-hybridized carbons (Fsp3) is 0.308. The molecule has 3 N–H and O–H groups in total. The van der Waals surface area contributed by atoms with Crippen molar-refractivity contribution in [3.63, 3.8) is 0 Å². The number of hydrogen-bond donors (Lipinski definition) is 3. The molecule has 19 heavy (non-hydrogen) atoms. The first-order valence-electron chi connectivity index (χ1n) is 6.25. The van der Waals surface area contributed by atoms with Crippen molar-refractivity contribution in [2.75, 3.05) is 11.9 Å². The molecule has 0 bridgehead atoms. The summed E-state index contributed by atoms with van der Waals surface area (Å²) < 4.78 is 0. The maximum absolute atomic E-state index is 12.1. The number of aromatic nitrogens is 3. The number of nitrogens with zero attached hydrogens (tertiary/aromatic N) is 2. The molecule has 0 aromatic carbocycles. The molecule has 0 spiro atoms. The fourth-order valence-corrected chi connectivity index (χ4v) is 1.64. The average molecular weight is 259 g/mol. The van der Waals surface area contributed by atoms with Crippen molar-refractivity contribution in [3.8, 4) is 0 Å². The van der Waals surface area contributed by atoms with Gasteiger partial charge >= 0.3 is 0 Å². The van der Waals surface area contributed by atoms with Gasteiger partial charge < -0.3 is 10.6 Å². The van der Waals surface area contributed by atoms with Gasteiger partial charge in [-0.2, -0.15) is 5.10 Å². The third-order valence-electron chi connectivity index (χ3n) is 2.64. The molecule has 0 aliphatic heterocycles. The minimum atomic E-state index is -0.123. The topological polar surface area (TPSA) is 82.7 Å². The number of hydrogen-bond acceptors (Lipinski definition) is 4. The monoisotopic (exact) mass is 259 g/mol. The first-order valence-corrected chi connectivity index (χ1v) is 6.25. The molecule has 0 aliphatic carbocycles. The second-order valence-corrected chi connectivity index (χ2v) is 4.14. The second kappa shape index (κ2) is 6.53. The van der Waals surface area contributed by atoms with Gasteiger partial charge in [0.1, 0.15) is 0 Å². The van der Waals surface area contributed by atoms with E-state index < -0.39 is 0 Å². The van der Waals surface area contributed by atoms with Gasteiger partial charge in [-0.1, -0.05) is 6.92 Å². The number of anilines is 1. The Morgan fingerprint density at radius 3 is 3.05 bits per heavy atom. The normalized spacial score (nSPS) is 10.2. The van der Waals surface area contributed by atoms with Crippen molar-refractivity contribution >= 4 is 11.6 Å². The molecule has 0 unspecified atom stereocenters. The Labute approximate surface area is 111 Å². The molecule has 6 heteroatoms. The van der Waals surface area contributed by atoms with Crippen LogP contribution in [0.2, 0.25) is 0 Å². The summed E-state index contributed by atoms with van der Waals surface area (Å²) in [5.74, 6) is -0.123. The number of pyridine rings is 1.